The van der Waals surface area contributed by atoms with Crippen LogP contribution in [0.5, 0.6) is 0 Å². The Hall–Kier alpha value is -5.06. The van der Waals surface area contributed by atoms with Gasteiger partial charge in [-0.1, -0.05) is 42.5 Å². The summed E-state index contributed by atoms with van der Waals surface area (Å²) in [6, 6.07) is 28.3. The Morgan fingerprint density at radius 1 is 0.756 bits per heavy atom. The third-order valence-electron chi connectivity index (χ3n) is 7.43. The minimum absolute atomic E-state index is 0.00828. The highest BCUT2D eigenvalue weighted by Crippen LogP contribution is 2.23. The highest BCUT2D eigenvalue weighted by Gasteiger charge is 2.14. The molecule has 1 aliphatic rings. The van der Waals surface area contributed by atoms with Crippen LogP contribution in [0.15, 0.2) is 97.2 Å². The highest BCUT2D eigenvalue weighted by atomic mass is 16.5. The molecule has 0 atom stereocenters. The average Bonchev–Trinajstić information content (AvgIpc) is 3.45. The van der Waals surface area contributed by atoms with Crippen molar-refractivity contribution in [2.75, 3.05) is 31.2 Å². The summed E-state index contributed by atoms with van der Waals surface area (Å²) in [5.41, 5.74) is 6.62. The molecular formula is C34H28N4O3. The monoisotopic (exact) mass is 540 g/mol. The molecule has 2 heterocycles. The number of fused-ring (bicyclic) bond motifs is 1. The summed E-state index contributed by atoms with van der Waals surface area (Å²) in [5.74, 6) is 0.0895. The van der Waals surface area contributed by atoms with Gasteiger partial charge in [-0.3, -0.25) is 9.59 Å². The molecule has 0 radical (unpaired) electrons. The molecule has 1 aliphatic heterocycles. The van der Waals surface area contributed by atoms with Crippen molar-refractivity contribution in [2.24, 2.45) is 0 Å². The molecule has 0 unspecified atom stereocenters. The first kappa shape index (κ1) is 26.2. The maximum Gasteiger partial charge on any atom is 0.187 e. The number of ketones is 2. The fraction of sp³-hybridized carbons (Fsp3) is 0.176. The molecule has 7 nitrogen and oxygen atoms in total. The normalized spacial score (nSPS) is 13.2. The lowest BCUT2D eigenvalue weighted by molar-refractivity contribution is 0.0985. The van der Waals surface area contributed by atoms with E-state index >= 15 is 0 Å². The number of benzene rings is 4. The van der Waals surface area contributed by atoms with Crippen LogP contribution in [0, 0.1) is 6.57 Å². The number of hydrogen-bond donors (Lipinski definition) is 0. The van der Waals surface area contributed by atoms with Gasteiger partial charge in [-0.15, -0.1) is 0 Å². The van der Waals surface area contributed by atoms with E-state index in [1.54, 1.807) is 24.3 Å². The standard InChI is InChI=1S/C34H28N4O3/c1-35-29-9-5-26(6-10-29)33(39)21-24-2-11-31(12-3-24)38-32-15-4-25(20-28(32)23-36-38)22-34(40)27-7-13-30(14-8-27)37-16-18-41-19-17-37/h2-15,20,23H,16-19,21-22H2. The Morgan fingerprint density at radius 3 is 2.00 bits per heavy atom. The Kier molecular flexibility index (Phi) is 7.40. The lowest BCUT2D eigenvalue weighted by atomic mass is 10.0. The minimum atomic E-state index is 0.00828. The summed E-state index contributed by atoms with van der Waals surface area (Å²) in [6.45, 7) is 10.2. The van der Waals surface area contributed by atoms with Gasteiger partial charge in [0.15, 0.2) is 17.3 Å². The van der Waals surface area contributed by atoms with Crippen molar-refractivity contribution < 1.29 is 14.3 Å². The van der Waals surface area contributed by atoms with E-state index in [4.69, 9.17) is 11.3 Å². The molecule has 0 spiro atoms. The van der Waals surface area contributed by atoms with Gasteiger partial charge in [0, 0.05) is 48.1 Å². The Bertz CT molecular complexity index is 1740. The number of anilines is 1. The van der Waals surface area contributed by atoms with Gasteiger partial charge in [0.25, 0.3) is 0 Å². The molecular weight excluding hydrogens is 512 g/mol. The second kappa shape index (κ2) is 11.6. The summed E-state index contributed by atoms with van der Waals surface area (Å²) in [5, 5.41) is 5.54. The van der Waals surface area contributed by atoms with E-state index in [2.05, 4.69) is 14.8 Å². The quantitative estimate of drug-likeness (QED) is 0.172. The Morgan fingerprint density at radius 2 is 1.34 bits per heavy atom. The Labute approximate surface area is 238 Å². The number of carbonyl (C=O) groups excluding carboxylic acids is 2. The number of nitrogens with zero attached hydrogens (tertiary/aromatic N) is 4. The van der Waals surface area contributed by atoms with E-state index in [1.807, 2.05) is 77.6 Å². The first-order valence-corrected chi connectivity index (χ1v) is 13.6. The predicted molar refractivity (Wildman–Crippen MR) is 159 cm³/mol. The molecule has 0 saturated carbocycles. The third-order valence-corrected chi connectivity index (χ3v) is 7.43. The maximum atomic E-state index is 13.0. The average molecular weight is 541 g/mol. The first-order chi connectivity index (χ1) is 20.1. The number of carbonyl (C=O) groups is 2. The zero-order valence-corrected chi connectivity index (χ0v) is 22.5. The van der Waals surface area contributed by atoms with Crippen molar-refractivity contribution in [1.82, 2.24) is 9.78 Å². The summed E-state index contributed by atoms with van der Waals surface area (Å²) >= 11 is 0. The molecule has 6 rings (SSSR count). The van der Waals surface area contributed by atoms with Crippen LogP contribution < -0.4 is 4.90 Å². The molecule has 1 fully saturated rings. The highest BCUT2D eigenvalue weighted by molar-refractivity contribution is 5.98. The van der Waals surface area contributed by atoms with E-state index in [0.29, 0.717) is 23.2 Å². The number of aromatic nitrogens is 2. The molecule has 202 valence electrons. The van der Waals surface area contributed by atoms with E-state index in [1.165, 1.54) is 0 Å². The van der Waals surface area contributed by atoms with Crippen LogP contribution >= 0.6 is 0 Å². The van der Waals surface area contributed by atoms with Gasteiger partial charge in [0.05, 0.1) is 37.2 Å². The van der Waals surface area contributed by atoms with Gasteiger partial charge < -0.3 is 9.64 Å². The molecule has 0 aliphatic carbocycles. The topological polar surface area (TPSA) is 68.8 Å². The zero-order valence-electron chi connectivity index (χ0n) is 22.5. The number of Topliss-reactive ketones (excluding diaryl/α,β-unsaturated/α-hetero) is 2. The van der Waals surface area contributed by atoms with Crippen molar-refractivity contribution in [2.45, 2.75) is 12.8 Å². The lowest BCUT2D eigenvalue weighted by Crippen LogP contribution is -2.36. The van der Waals surface area contributed by atoms with Crippen LogP contribution in [0.1, 0.15) is 31.8 Å². The van der Waals surface area contributed by atoms with E-state index in [9.17, 15) is 9.59 Å². The summed E-state index contributed by atoms with van der Waals surface area (Å²) in [6.07, 6.45) is 2.41. The molecule has 7 heteroatoms. The summed E-state index contributed by atoms with van der Waals surface area (Å²) in [7, 11) is 0. The van der Waals surface area contributed by atoms with Crippen LogP contribution in [0.25, 0.3) is 21.4 Å². The van der Waals surface area contributed by atoms with Gasteiger partial charge >= 0.3 is 0 Å². The molecule has 4 aromatic carbocycles. The second-order valence-corrected chi connectivity index (χ2v) is 10.1. The first-order valence-electron chi connectivity index (χ1n) is 13.6. The van der Waals surface area contributed by atoms with Crippen LogP contribution in [-0.4, -0.2) is 47.7 Å². The molecule has 5 aromatic rings. The smallest absolute Gasteiger partial charge is 0.187 e. The fourth-order valence-electron chi connectivity index (χ4n) is 5.13. The largest absolute Gasteiger partial charge is 0.378 e. The van der Waals surface area contributed by atoms with Crippen LogP contribution in [0.3, 0.4) is 0 Å². The number of ether oxygens (including phenoxy) is 1. The minimum Gasteiger partial charge on any atom is -0.378 e. The molecule has 1 aromatic heterocycles. The molecule has 1 saturated heterocycles. The number of rotatable bonds is 8. The molecule has 0 bridgehead atoms. The van der Waals surface area contributed by atoms with Crippen molar-refractivity contribution in [3.8, 4) is 5.69 Å². The van der Waals surface area contributed by atoms with E-state index in [-0.39, 0.29) is 18.0 Å². The predicted octanol–water partition coefficient (Wildman–Crippen LogP) is 6.26. The maximum absolute atomic E-state index is 13.0. The molecule has 0 amide bonds. The molecule has 0 N–H and O–H groups in total. The second-order valence-electron chi connectivity index (χ2n) is 10.1. The van der Waals surface area contributed by atoms with E-state index in [0.717, 1.165) is 59.7 Å². The summed E-state index contributed by atoms with van der Waals surface area (Å²) in [4.78, 5) is 31.3. The zero-order chi connectivity index (χ0) is 28.2. The number of hydrogen-bond acceptors (Lipinski definition) is 5. The van der Waals surface area contributed by atoms with Crippen molar-refractivity contribution in [1.29, 1.82) is 0 Å². The van der Waals surface area contributed by atoms with Crippen LogP contribution in [0.4, 0.5) is 11.4 Å². The SMILES string of the molecule is [C-]#[N+]c1ccc(C(=O)Cc2ccc(-n3ncc4cc(CC(=O)c5ccc(N6CCOCC6)cc5)ccc43)cc2)cc1. The van der Waals surface area contributed by atoms with E-state index < -0.39 is 0 Å². The van der Waals surface area contributed by atoms with Crippen molar-refractivity contribution in [3.63, 3.8) is 0 Å². The van der Waals surface area contributed by atoms with Gasteiger partial charge in [-0.25, -0.2) is 9.53 Å². The fourth-order valence-corrected chi connectivity index (χ4v) is 5.13. The number of morpholine rings is 1. The third kappa shape index (κ3) is 5.79. The molecule has 41 heavy (non-hydrogen) atoms. The van der Waals surface area contributed by atoms with Crippen LogP contribution in [-0.2, 0) is 17.6 Å². The van der Waals surface area contributed by atoms with Crippen LogP contribution in [0.2, 0.25) is 0 Å². The Balaban J connectivity index is 1.11. The lowest BCUT2D eigenvalue weighted by Gasteiger charge is -2.28. The van der Waals surface area contributed by atoms with Gasteiger partial charge in [-0.2, -0.15) is 5.10 Å². The van der Waals surface area contributed by atoms with Gasteiger partial charge in [0.1, 0.15) is 0 Å². The van der Waals surface area contributed by atoms with Crippen molar-refractivity contribution >= 4 is 33.8 Å². The van der Waals surface area contributed by atoms with Gasteiger partial charge in [-0.05, 0) is 59.7 Å². The van der Waals surface area contributed by atoms with Gasteiger partial charge in [0.2, 0.25) is 0 Å². The van der Waals surface area contributed by atoms with Crippen molar-refractivity contribution in [3.05, 3.63) is 131 Å². The summed E-state index contributed by atoms with van der Waals surface area (Å²) < 4.78 is 7.29.